The summed E-state index contributed by atoms with van der Waals surface area (Å²) in [7, 11) is 0. The minimum absolute atomic E-state index is 0.0188. The standard InChI is InChI=1S/C19H26N6O2/c1-13-3-7-21-25(13)14(2)18(26)22-16-4-8-24(9-5-16)19-20-11-15-12-27-10-6-17(15)23-19/h3,7,11,14,16H,4-6,8-10,12H2,1-2H3,(H,22,26). The van der Waals surface area contributed by atoms with Crippen molar-refractivity contribution in [2.45, 2.75) is 51.8 Å². The zero-order chi connectivity index (χ0) is 18.8. The van der Waals surface area contributed by atoms with E-state index < -0.39 is 0 Å². The average Bonchev–Trinajstić information content (AvgIpc) is 3.13. The lowest BCUT2D eigenvalue weighted by Gasteiger charge is -2.33. The summed E-state index contributed by atoms with van der Waals surface area (Å²) in [6.45, 7) is 6.86. The third-order valence-electron chi connectivity index (χ3n) is 5.42. The fraction of sp³-hybridized carbons (Fsp3) is 0.579. The quantitative estimate of drug-likeness (QED) is 0.876. The van der Waals surface area contributed by atoms with Crippen LogP contribution in [0.25, 0.3) is 0 Å². The van der Waals surface area contributed by atoms with Crippen LogP contribution in [-0.4, -0.2) is 51.4 Å². The van der Waals surface area contributed by atoms with Gasteiger partial charge in [0.2, 0.25) is 11.9 Å². The lowest BCUT2D eigenvalue weighted by Crippen LogP contribution is -2.47. The van der Waals surface area contributed by atoms with Gasteiger partial charge in [-0.1, -0.05) is 0 Å². The molecule has 2 aromatic heterocycles. The number of carbonyl (C=O) groups is 1. The van der Waals surface area contributed by atoms with E-state index in [1.54, 1.807) is 10.9 Å². The van der Waals surface area contributed by atoms with Gasteiger partial charge in [-0.3, -0.25) is 9.48 Å². The second kappa shape index (κ2) is 7.64. The molecule has 4 rings (SSSR count). The average molecular weight is 370 g/mol. The lowest BCUT2D eigenvalue weighted by molar-refractivity contribution is -0.125. The largest absolute Gasteiger partial charge is 0.376 e. The molecule has 4 heterocycles. The summed E-state index contributed by atoms with van der Waals surface area (Å²) in [6, 6.07) is 1.79. The molecule has 0 aliphatic carbocycles. The first-order chi connectivity index (χ1) is 13.1. The second-order valence-corrected chi connectivity index (χ2v) is 7.31. The highest BCUT2D eigenvalue weighted by molar-refractivity contribution is 5.80. The van der Waals surface area contributed by atoms with Gasteiger partial charge in [0.15, 0.2) is 0 Å². The molecule has 8 heteroatoms. The van der Waals surface area contributed by atoms with Gasteiger partial charge >= 0.3 is 0 Å². The van der Waals surface area contributed by atoms with Crippen LogP contribution in [0, 0.1) is 6.92 Å². The fourth-order valence-corrected chi connectivity index (χ4v) is 3.71. The highest BCUT2D eigenvalue weighted by Crippen LogP contribution is 2.20. The summed E-state index contributed by atoms with van der Waals surface area (Å²) in [5.41, 5.74) is 3.18. The number of hydrogen-bond acceptors (Lipinski definition) is 6. The van der Waals surface area contributed by atoms with E-state index in [0.29, 0.717) is 6.61 Å². The molecule has 2 aliphatic rings. The van der Waals surface area contributed by atoms with Crippen molar-refractivity contribution >= 4 is 11.9 Å². The SMILES string of the molecule is Cc1ccnn1C(C)C(=O)NC1CCN(c2ncc3c(n2)CCOC3)CC1. The van der Waals surface area contributed by atoms with Gasteiger partial charge in [-0.05, 0) is 32.8 Å². The molecule has 0 bridgehead atoms. The Bertz CT molecular complexity index is 812. The number of aryl methyl sites for hydroxylation is 1. The monoisotopic (exact) mass is 370 g/mol. The van der Waals surface area contributed by atoms with Gasteiger partial charge in [0, 0.05) is 49.2 Å². The van der Waals surface area contributed by atoms with E-state index >= 15 is 0 Å². The van der Waals surface area contributed by atoms with E-state index in [1.165, 1.54) is 0 Å². The number of hydrogen-bond donors (Lipinski definition) is 1. The molecular formula is C19H26N6O2. The van der Waals surface area contributed by atoms with Gasteiger partial charge in [-0.2, -0.15) is 5.10 Å². The topological polar surface area (TPSA) is 85.2 Å². The molecule has 0 aromatic carbocycles. The molecule has 0 saturated carbocycles. The number of amides is 1. The highest BCUT2D eigenvalue weighted by Gasteiger charge is 2.25. The minimum Gasteiger partial charge on any atom is -0.376 e. The van der Waals surface area contributed by atoms with Gasteiger partial charge < -0.3 is 15.0 Å². The summed E-state index contributed by atoms with van der Waals surface area (Å²) in [6.07, 6.45) is 6.24. The van der Waals surface area contributed by atoms with E-state index in [4.69, 9.17) is 9.72 Å². The number of rotatable bonds is 4. The molecule has 144 valence electrons. The molecule has 2 aromatic rings. The van der Waals surface area contributed by atoms with Crippen LogP contribution in [0.2, 0.25) is 0 Å². The summed E-state index contributed by atoms with van der Waals surface area (Å²) in [4.78, 5) is 24.0. The minimum atomic E-state index is -0.302. The van der Waals surface area contributed by atoms with E-state index in [2.05, 4.69) is 20.3 Å². The van der Waals surface area contributed by atoms with E-state index in [-0.39, 0.29) is 18.0 Å². The molecule has 1 unspecified atom stereocenters. The van der Waals surface area contributed by atoms with Gasteiger partial charge in [0.05, 0.1) is 18.9 Å². The predicted octanol–water partition coefficient (Wildman–Crippen LogP) is 1.40. The summed E-state index contributed by atoms with van der Waals surface area (Å²) >= 11 is 0. The maximum absolute atomic E-state index is 12.6. The van der Waals surface area contributed by atoms with Crippen molar-refractivity contribution in [2.24, 2.45) is 0 Å². The first kappa shape index (κ1) is 17.9. The molecule has 0 spiro atoms. The predicted molar refractivity (Wildman–Crippen MR) is 100 cm³/mol. The molecule has 0 radical (unpaired) electrons. The Kier molecular flexibility index (Phi) is 5.07. The number of carbonyl (C=O) groups excluding carboxylic acids is 1. The van der Waals surface area contributed by atoms with E-state index in [0.717, 1.165) is 61.9 Å². The Morgan fingerprint density at radius 3 is 2.93 bits per heavy atom. The first-order valence-corrected chi connectivity index (χ1v) is 9.60. The highest BCUT2D eigenvalue weighted by atomic mass is 16.5. The molecule has 27 heavy (non-hydrogen) atoms. The number of nitrogens with one attached hydrogen (secondary N) is 1. The van der Waals surface area contributed by atoms with Crippen LogP contribution < -0.4 is 10.2 Å². The van der Waals surface area contributed by atoms with Crippen molar-refractivity contribution in [1.82, 2.24) is 25.1 Å². The molecule has 8 nitrogen and oxygen atoms in total. The van der Waals surface area contributed by atoms with Gasteiger partial charge in [-0.15, -0.1) is 0 Å². The van der Waals surface area contributed by atoms with E-state index in [1.807, 2.05) is 26.1 Å². The second-order valence-electron chi connectivity index (χ2n) is 7.31. The van der Waals surface area contributed by atoms with Crippen molar-refractivity contribution in [3.63, 3.8) is 0 Å². The Hall–Kier alpha value is -2.48. The third-order valence-corrected chi connectivity index (χ3v) is 5.42. The summed E-state index contributed by atoms with van der Waals surface area (Å²) in [5, 5.41) is 7.41. The van der Waals surface area contributed by atoms with Crippen LogP contribution in [0.4, 0.5) is 5.95 Å². The van der Waals surface area contributed by atoms with Crippen molar-refractivity contribution in [2.75, 3.05) is 24.6 Å². The van der Waals surface area contributed by atoms with Gasteiger partial charge in [-0.25, -0.2) is 9.97 Å². The Labute approximate surface area is 158 Å². The zero-order valence-electron chi connectivity index (χ0n) is 15.9. The fourth-order valence-electron chi connectivity index (χ4n) is 3.71. The lowest BCUT2D eigenvalue weighted by atomic mass is 10.0. The van der Waals surface area contributed by atoms with Crippen LogP contribution in [-0.2, 0) is 22.6 Å². The molecule has 1 atom stereocenters. The normalized spacial score (nSPS) is 18.8. The van der Waals surface area contributed by atoms with Crippen molar-refractivity contribution in [3.8, 4) is 0 Å². The van der Waals surface area contributed by atoms with E-state index in [9.17, 15) is 4.79 Å². The van der Waals surface area contributed by atoms with Crippen LogP contribution in [0.3, 0.4) is 0 Å². The summed E-state index contributed by atoms with van der Waals surface area (Å²) < 4.78 is 7.20. The Morgan fingerprint density at radius 2 is 2.19 bits per heavy atom. The Morgan fingerprint density at radius 1 is 1.37 bits per heavy atom. The van der Waals surface area contributed by atoms with Crippen LogP contribution >= 0.6 is 0 Å². The molecule has 1 fully saturated rings. The molecule has 2 aliphatic heterocycles. The smallest absolute Gasteiger partial charge is 0.244 e. The summed E-state index contributed by atoms with van der Waals surface area (Å²) in [5.74, 6) is 0.811. The zero-order valence-corrected chi connectivity index (χ0v) is 15.9. The van der Waals surface area contributed by atoms with Crippen molar-refractivity contribution in [3.05, 3.63) is 35.4 Å². The maximum atomic E-state index is 12.6. The third kappa shape index (κ3) is 3.80. The first-order valence-electron chi connectivity index (χ1n) is 9.60. The van der Waals surface area contributed by atoms with Crippen molar-refractivity contribution in [1.29, 1.82) is 0 Å². The maximum Gasteiger partial charge on any atom is 0.244 e. The number of ether oxygens (including phenoxy) is 1. The number of piperidine rings is 1. The van der Waals surface area contributed by atoms with Crippen molar-refractivity contribution < 1.29 is 9.53 Å². The number of aromatic nitrogens is 4. The number of nitrogens with zero attached hydrogens (tertiary/aromatic N) is 5. The number of fused-ring (bicyclic) bond motifs is 1. The van der Waals surface area contributed by atoms with Gasteiger partial charge in [0.1, 0.15) is 6.04 Å². The molecular weight excluding hydrogens is 344 g/mol. The van der Waals surface area contributed by atoms with Gasteiger partial charge in [0.25, 0.3) is 0 Å². The Balaban J connectivity index is 1.32. The number of anilines is 1. The van der Waals surface area contributed by atoms with Crippen LogP contribution in [0.15, 0.2) is 18.5 Å². The molecule has 1 amide bonds. The molecule has 1 N–H and O–H groups in total. The van der Waals surface area contributed by atoms with Crippen LogP contribution in [0.5, 0.6) is 0 Å². The van der Waals surface area contributed by atoms with Crippen LogP contribution in [0.1, 0.15) is 42.8 Å². The molecule has 1 saturated heterocycles.